The predicted molar refractivity (Wildman–Crippen MR) is 285 cm³/mol. The van der Waals surface area contributed by atoms with Crippen LogP contribution in [0, 0.1) is 0 Å². The maximum atomic E-state index is 13.3. The van der Waals surface area contributed by atoms with Crippen LogP contribution in [0.1, 0.15) is 164 Å². The van der Waals surface area contributed by atoms with E-state index in [0.717, 1.165) is 24.9 Å². The lowest BCUT2D eigenvalue weighted by atomic mass is 10.0. The highest BCUT2D eigenvalue weighted by Crippen LogP contribution is 2.38. The van der Waals surface area contributed by atoms with Gasteiger partial charge in [-0.25, -0.2) is 9.97 Å². The Bertz CT molecular complexity index is 2250. The van der Waals surface area contributed by atoms with E-state index in [1.54, 1.807) is 30.5 Å². The monoisotopic (exact) mass is 1070 g/mol. The number of hydrogen-bond acceptors (Lipinski definition) is 18. The summed E-state index contributed by atoms with van der Waals surface area (Å²) in [6.07, 6.45) is 19.1. The van der Waals surface area contributed by atoms with Gasteiger partial charge in [-0.1, -0.05) is 103 Å². The number of unbranched alkanes of at least 4 members (excludes halogenated alkanes) is 16. The SMILES string of the molecule is CCCCCCCCCCCCCCCCCC(=O)OCC(COP(=O)([O-])OCC[N+](C)(C)C)OC(=O)CCCCCNC(=O)[C@H](CCC(=O)O)NC(=O)c1ccc(N(C)Cc2cnc3nc(N)nc(N)c3n2)cc1. The molecule has 7 N–H and O–H groups in total. The maximum absolute atomic E-state index is 13.3. The molecule has 0 spiro atoms. The van der Waals surface area contributed by atoms with Crippen LogP contribution in [-0.2, 0) is 48.8 Å². The fraction of sp³-hybridized carbons (Fsp3) is 0.673. The first-order valence-electron chi connectivity index (χ1n) is 26.7. The van der Waals surface area contributed by atoms with Crippen molar-refractivity contribution in [3.8, 4) is 0 Å². The molecule has 0 aliphatic rings. The molecule has 2 unspecified atom stereocenters. The second-order valence-corrected chi connectivity index (χ2v) is 21.5. The molecule has 2 aromatic heterocycles. The highest BCUT2D eigenvalue weighted by Gasteiger charge is 2.24. The molecule has 3 rings (SSSR count). The summed E-state index contributed by atoms with van der Waals surface area (Å²) in [5.41, 5.74) is 13.8. The van der Waals surface area contributed by atoms with Gasteiger partial charge < -0.3 is 60.0 Å². The number of fused-ring (bicyclic) bond motifs is 1. The number of nitrogens with one attached hydrogen (secondary N) is 2. The zero-order valence-corrected chi connectivity index (χ0v) is 46.0. The van der Waals surface area contributed by atoms with Crippen LogP contribution in [-0.4, -0.2) is 132 Å². The fourth-order valence-electron chi connectivity index (χ4n) is 7.84. The highest BCUT2D eigenvalue weighted by atomic mass is 31.2. The predicted octanol–water partition coefficient (Wildman–Crippen LogP) is 6.78. The van der Waals surface area contributed by atoms with E-state index in [9.17, 15) is 38.5 Å². The number of benzene rings is 1. The van der Waals surface area contributed by atoms with E-state index in [1.807, 2.05) is 33.1 Å². The minimum atomic E-state index is -4.77. The molecule has 0 saturated carbocycles. The quantitative estimate of drug-likeness (QED) is 0.0169. The molecule has 0 aliphatic heterocycles. The first-order chi connectivity index (χ1) is 35.7. The molecule has 3 aromatic rings. The van der Waals surface area contributed by atoms with Crippen LogP contribution in [0.3, 0.4) is 0 Å². The first kappa shape index (κ1) is 63.8. The lowest BCUT2D eigenvalue weighted by Crippen LogP contribution is -2.47. The number of aromatic nitrogens is 4. The number of phosphoric ester groups is 1. The van der Waals surface area contributed by atoms with Crippen molar-refractivity contribution in [2.24, 2.45) is 0 Å². The Morgan fingerprint density at radius 1 is 0.773 bits per heavy atom. The average molecular weight is 1070 g/mol. The number of carboxylic acids is 1. The number of nitrogen functional groups attached to an aromatic ring is 2. The molecule has 2 amide bonds. The summed E-state index contributed by atoms with van der Waals surface area (Å²) in [6, 6.07) is 5.44. The molecule has 75 heavy (non-hydrogen) atoms. The molecular weight excluding hydrogens is 988 g/mol. The number of ether oxygens (including phenoxy) is 2. The molecule has 0 bridgehead atoms. The fourth-order valence-corrected chi connectivity index (χ4v) is 8.57. The minimum Gasteiger partial charge on any atom is -0.756 e. The van der Waals surface area contributed by atoms with Gasteiger partial charge in [-0.3, -0.25) is 28.5 Å². The standard InChI is InChI=1S/C52H85N10O12P/c1-6-7-8-9-10-11-12-13-14-15-16-17-18-19-21-24-45(65)71-37-42(38-73-75(69,70)72-34-33-62(3,4)5)74-46(66)25-22-20-23-32-55-51(68)43(30-31-44(63)64)58-50(67)39-26-28-41(29-27-39)61(2)36-40-35-56-49-47(57-40)48(53)59-52(54)60-49/h26-29,35,42-43H,6-25,30-34,36-38H2,1-5H3,(H7-,53,54,55,56,58,59,60,63,64,67,68,69,70)/t42?,43-/m0/s1. The topological polar surface area (TPSA) is 314 Å². The Balaban J connectivity index is 1.41. The van der Waals surface area contributed by atoms with Crippen LogP contribution in [0.2, 0.25) is 0 Å². The van der Waals surface area contributed by atoms with Crippen LogP contribution >= 0.6 is 7.82 Å². The zero-order valence-electron chi connectivity index (χ0n) is 45.1. The van der Waals surface area contributed by atoms with Gasteiger partial charge in [-0.2, -0.15) is 9.97 Å². The molecule has 22 nitrogen and oxygen atoms in total. The molecule has 0 saturated heterocycles. The number of carbonyl (C=O) groups excluding carboxylic acids is 4. The average Bonchev–Trinajstić information content (AvgIpc) is 3.35. The minimum absolute atomic E-state index is 0.00703. The van der Waals surface area contributed by atoms with Crippen molar-refractivity contribution in [2.75, 3.05) is 77.5 Å². The third-order valence-corrected chi connectivity index (χ3v) is 13.2. The Morgan fingerprint density at radius 3 is 1.96 bits per heavy atom. The van der Waals surface area contributed by atoms with Crippen molar-refractivity contribution < 1.29 is 61.5 Å². The molecule has 0 fully saturated rings. The van der Waals surface area contributed by atoms with Crippen molar-refractivity contribution in [2.45, 2.75) is 167 Å². The van der Waals surface area contributed by atoms with Crippen molar-refractivity contribution in [1.82, 2.24) is 30.6 Å². The number of carboxylic acid groups (broad SMARTS) is 1. The molecule has 420 valence electrons. The van der Waals surface area contributed by atoms with Crippen molar-refractivity contribution in [3.05, 3.63) is 41.7 Å². The summed E-state index contributed by atoms with van der Waals surface area (Å²) in [7, 11) is 2.69. The summed E-state index contributed by atoms with van der Waals surface area (Å²) in [6.45, 7) is 2.00. The van der Waals surface area contributed by atoms with Crippen LogP contribution in [0.4, 0.5) is 17.5 Å². The lowest BCUT2D eigenvalue weighted by molar-refractivity contribution is -0.870. The van der Waals surface area contributed by atoms with Gasteiger partial charge >= 0.3 is 17.9 Å². The van der Waals surface area contributed by atoms with Gasteiger partial charge in [0.15, 0.2) is 23.1 Å². The van der Waals surface area contributed by atoms with Gasteiger partial charge in [0.05, 0.1) is 46.2 Å². The van der Waals surface area contributed by atoms with E-state index in [2.05, 4.69) is 37.5 Å². The number of nitrogens with two attached hydrogens (primary N) is 2. The molecule has 1 aromatic carbocycles. The summed E-state index contributed by atoms with van der Waals surface area (Å²) < 4.78 is 33.9. The van der Waals surface area contributed by atoms with Crippen LogP contribution in [0.5, 0.6) is 0 Å². The molecular formula is C52H85N10O12P. The van der Waals surface area contributed by atoms with Gasteiger partial charge in [-0.15, -0.1) is 0 Å². The number of rotatable bonds is 41. The summed E-state index contributed by atoms with van der Waals surface area (Å²) in [4.78, 5) is 94.6. The number of likely N-dealkylation sites (N-methyl/N-ethyl adjacent to an activating group) is 1. The van der Waals surface area contributed by atoms with Gasteiger partial charge in [0.1, 0.15) is 25.8 Å². The van der Waals surface area contributed by atoms with E-state index < -0.39 is 62.9 Å². The molecule has 0 radical (unpaired) electrons. The molecule has 23 heteroatoms. The van der Waals surface area contributed by atoms with Gasteiger partial charge in [-0.05, 0) is 49.9 Å². The number of esters is 2. The summed E-state index contributed by atoms with van der Waals surface area (Å²) in [5, 5.41) is 14.7. The van der Waals surface area contributed by atoms with Gasteiger partial charge in [0.25, 0.3) is 13.7 Å². The molecule has 0 aliphatic carbocycles. The number of nitrogens with zero attached hydrogens (tertiary/aromatic N) is 6. The van der Waals surface area contributed by atoms with E-state index in [1.165, 1.54) is 70.6 Å². The van der Waals surface area contributed by atoms with Crippen LogP contribution in [0.15, 0.2) is 30.5 Å². The maximum Gasteiger partial charge on any atom is 0.306 e. The van der Waals surface area contributed by atoms with E-state index in [0.29, 0.717) is 54.5 Å². The molecule has 3 atom stereocenters. The Hall–Kier alpha value is -5.54. The number of aliphatic carboxylic acids is 1. The largest absolute Gasteiger partial charge is 0.756 e. The number of phosphoric acid groups is 1. The van der Waals surface area contributed by atoms with Crippen molar-refractivity contribution in [3.63, 3.8) is 0 Å². The normalized spacial score (nSPS) is 13.1. The second kappa shape index (κ2) is 34.9. The van der Waals surface area contributed by atoms with Crippen LogP contribution in [0.25, 0.3) is 11.2 Å². The third kappa shape index (κ3) is 28.2. The second-order valence-electron chi connectivity index (χ2n) is 20.0. The third-order valence-electron chi connectivity index (χ3n) is 12.2. The van der Waals surface area contributed by atoms with Gasteiger partial charge in [0.2, 0.25) is 11.9 Å². The van der Waals surface area contributed by atoms with Crippen molar-refractivity contribution >= 4 is 66.2 Å². The lowest BCUT2D eigenvalue weighted by Gasteiger charge is -2.28. The van der Waals surface area contributed by atoms with E-state index in [-0.39, 0.29) is 61.8 Å². The number of amides is 2. The van der Waals surface area contributed by atoms with Crippen LogP contribution < -0.4 is 31.9 Å². The van der Waals surface area contributed by atoms with E-state index in [4.69, 9.17) is 30.0 Å². The Kier molecular flexibility index (Phi) is 29.7. The van der Waals surface area contributed by atoms with Gasteiger partial charge in [0, 0.05) is 44.1 Å². The highest BCUT2D eigenvalue weighted by molar-refractivity contribution is 7.45. The number of hydrogen-bond donors (Lipinski definition) is 5. The number of anilines is 3. The number of carbonyl (C=O) groups is 5. The Labute approximate surface area is 443 Å². The van der Waals surface area contributed by atoms with E-state index >= 15 is 0 Å². The summed E-state index contributed by atoms with van der Waals surface area (Å²) in [5.74, 6) is -3.33. The first-order valence-corrected chi connectivity index (χ1v) is 28.1. The molecule has 2 heterocycles. The Morgan fingerprint density at radius 2 is 1.36 bits per heavy atom. The smallest absolute Gasteiger partial charge is 0.306 e. The number of quaternary nitrogens is 1. The zero-order chi connectivity index (χ0) is 55.1. The summed E-state index contributed by atoms with van der Waals surface area (Å²) >= 11 is 0. The van der Waals surface area contributed by atoms with Crippen molar-refractivity contribution in [1.29, 1.82) is 0 Å².